The predicted octanol–water partition coefficient (Wildman–Crippen LogP) is -0.400. The largest absolute Gasteiger partial charge is 0.481 e. The summed E-state index contributed by atoms with van der Waals surface area (Å²) in [6.07, 6.45) is 0.939. The molecule has 3 N–H and O–H groups in total. The minimum Gasteiger partial charge on any atom is -0.481 e. The molecule has 1 saturated heterocycles. The topological polar surface area (TPSA) is 113 Å². The average Bonchev–Trinajstić information content (AvgIpc) is 2.28. The highest BCUT2D eigenvalue weighted by atomic mass is 16.5. The van der Waals surface area contributed by atoms with Crippen LogP contribution in [0.1, 0.15) is 25.7 Å². The van der Waals surface area contributed by atoms with E-state index < -0.39 is 36.4 Å². The summed E-state index contributed by atoms with van der Waals surface area (Å²) in [6.45, 7) is 0.467. The summed E-state index contributed by atoms with van der Waals surface area (Å²) in [6, 6.07) is -1.41. The number of rotatable bonds is 5. The molecule has 96 valence electrons. The maximum absolute atomic E-state index is 11.6. The third kappa shape index (κ3) is 4.39. The number of hydrogen-bond donors (Lipinski definition) is 3. The van der Waals surface area contributed by atoms with Gasteiger partial charge in [0.25, 0.3) is 0 Å². The van der Waals surface area contributed by atoms with Gasteiger partial charge in [0.2, 0.25) is 5.91 Å². The molecule has 1 aliphatic rings. The molecule has 0 aromatic heterocycles. The van der Waals surface area contributed by atoms with Gasteiger partial charge in [0.15, 0.2) is 0 Å². The summed E-state index contributed by atoms with van der Waals surface area (Å²) in [5, 5.41) is 19.4. The molecule has 0 saturated carbocycles. The van der Waals surface area contributed by atoms with E-state index in [1.165, 1.54) is 0 Å². The van der Waals surface area contributed by atoms with Crippen LogP contribution >= 0.6 is 0 Å². The molecular weight excluding hydrogens is 230 g/mol. The summed E-state index contributed by atoms with van der Waals surface area (Å²) in [5.41, 5.74) is 0. The van der Waals surface area contributed by atoms with Gasteiger partial charge >= 0.3 is 11.9 Å². The van der Waals surface area contributed by atoms with Gasteiger partial charge in [-0.05, 0) is 19.3 Å². The molecule has 0 aromatic carbocycles. The van der Waals surface area contributed by atoms with Crippen molar-refractivity contribution in [3.63, 3.8) is 0 Å². The van der Waals surface area contributed by atoms with E-state index in [1.807, 2.05) is 0 Å². The number of carboxylic acids is 2. The molecular formula is C10H15NO6. The maximum Gasteiger partial charge on any atom is 0.326 e. The van der Waals surface area contributed by atoms with E-state index in [0.717, 1.165) is 12.8 Å². The van der Waals surface area contributed by atoms with E-state index in [9.17, 15) is 14.4 Å². The number of nitrogens with one attached hydrogen (secondary N) is 1. The van der Waals surface area contributed by atoms with Crippen molar-refractivity contribution in [2.45, 2.75) is 37.8 Å². The fourth-order valence-corrected chi connectivity index (χ4v) is 1.59. The van der Waals surface area contributed by atoms with Gasteiger partial charge in [0.1, 0.15) is 12.1 Å². The molecule has 2 atom stereocenters. The SMILES string of the molecule is O=C(O)C[C@H](NC(=O)C1CCCCO1)C(=O)O. The average molecular weight is 245 g/mol. The van der Waals surface area contributed by atoms with E-state index in [2.05, 4.69) is 5.32 Å². The van der Waals surface area contributed by atoms with Gasteiger partial charge < -0.3 is 20.3 Å². The third-order valence-corrected chi connectivity index (χ3v) is 2.47. The Morgan fingerprint density at radius 1 is 1.29 bits per heavy atom. The van der Waals surface area contributed by atoms with Crippen LogP contribution in [0, 0.1) is 0 Å². The lowest BCUT2D eigenvalue weighted by Gasteiger charge is -2.23. The Morgan fingerprint density at radius 3 is 2.47 bits per heavy atom. The maximum atomic E-state index is 11.6. The minimum atomic E-state index is -1.41. The Morgan fingerprint density at radius 2 is 2.00 bits per heavy atom. The monoisotopic (exact) mass is 245 g/mol. The number of ether oxygens (including phenoxy) is 1. The highest BCUT2D eigenvalue weighted by Crippen LogP contribution is 2.13. The van der Waals surface area contributed by atoms with E-state index in [1.54, 1.807) is 0 Å². The molecule has 0 spiro atoms. The van der Waals surface area contributed by atoms with Crippen molar-refractivity contribution in [1.29, 1.82) is 0 Å². The molecule has 1 rings (SSSR count). The summed E-state index contributed by atoms with van der Waals surface area (Å²) in [4.78, 5) is 32.8. The number of aliphatic carboxylic acids is 2. The summed E-state index contributed by atoms with van der Waals surface area (Å²) in [5.74, 6) is -3.20. The fourth-order valence-electron chi connectivity index (χ4n) is 1.59. The van der Waals surface area contributed by atoms with Crippen LogP contribution < -0.4 is 5.32 Å². The van der Waals surface area contributed by atoms with Crippen LogP contribution in [0.4, 0.5) is 0 Å². The zero-order valence-corrected chi connectivity index (χ0v) is 9.22. The van der Waals surface area contributed by atoms with Gasteiger partial charge in [0, 0.05) is 6.61 Å². The van der Waals surface area contributed by atoms with E-state index in [4.69, 9.17) is 14.9 Å². The predicted molar refractivity (Wildman–Crippen MR) is 55.4 cm³/mol. The summed E-state index contributed by atoms with van der Waals surface area (Å²) < 4.78 is 5.17. The smallest absolute Gasteiger partial charge is 0.326 e. The van der Waals surface area contributed by atoms with Crippen LogP contribution in [0.2, 0.25) is 0 Å². The van der Waals surface area contributed by atoms with Crippen molar-refractivity contribution >= 4 is 17.8 Å². The molecule has 0 aliphatic carbocycles. The van der Waals surface area contributed by atoms with Crippen LogP contribution in [0.25, 0.3) is 0 Å². The van der Waals surface area contributed by atoms with Gasteiger partial charge in [-0.2, -0.15) is 0 Å². The lowest BCUT2D eigenvalue weighted by molar-refractivity contribution is -0.149. The second-order valence-electron chi connectivity index (χ2n) is 3.85. The Kier molecular flexibility index (Phi) is 4.89. The van der Waals surface area contributed by atoms with Crippen LogP contribution in [0.3, 0.4) is 0 Å². The van der Waals surface area contributed by atoms with Crippen LogP contribution in [0.15, 0.2) is 0 Å². The standard InChI is InChI=1S/C10H15NO6/c12-8(13)5-6(10(15)16)11-9(14)7-3-1-2-4-17-7/h6-7H,1-5H2,(H,11,14)(H,12,13)(H,15,16)/t6-,7?/m0/s1. The second-order valence-corrected chi connectivity index (χ2v) is 3.85. The molecule has 7 heteroatoms. The molecule has 17 heavy (non-hydrogen) atoms. The van der Waals surface area contributed by atoms with Gasteiger partial charge in [-0.25, -0.2) is 4.79 Å². The van der Waals surface area contributed by atoms with Gasteiger partial charge in [0.05, 0.1) is 6.42 Å². The van der Waals surface area contributed by atoms with E-state index in [0.29, 0.717) is 13.0 Å². The van der Waals surface area contributed by atoms with Gasteiger partial charge in [-0.15, -0.1) is 0 Å². The Bertz CT molecular complexity index is 310. The van der Waals surface area contributed by atoms with Crippen molar-refractivity contribution in [3.05, 3.63) is 0 Å². The van der Waals surface area contributed by atoms with Gasteiger partial charge in [-0.1, -0.05) is 0 Å². The minimum absolute atomic E-state index is 0.467. The number of carboxylic acid groups (broad SMARTS) is 2. The molecule has 1 fully saturated rings. The molecule has 1 aliphatic heterocycles. The first kappa shape index (κ1) is 13.4. The molecule has 1 heterocycles. The quantitative estimate of drug-likeness (QED) is 0.607. The van der Waals surface area contributed by atoms with Crippen LogP contribution in [-0.2, 0) is 19.1 Å². The zero-order valence-electron chi connectivity index (χ0n) is 9.22. The van der Waals surface area contributed by atoms with Crippen LogP contribution in [-0.4, -0.2) is 46.8 Å². The highest BCUT2D eigenvalue weighted by molar-refractivity contribution is 5.88. The van der Waals surface area contributed by atoms with E-state index in [-0.39, 0.29) is 0 Å². The Hall–Kier alpha value is -1.63. The van der Waals surface area contributed by atoms with Crippen molar-refractivity contribution in [3.8, 4) is 0 Å². The number of amides is 1. The van der Waals surface area contributed by atoms with Crippen molar-refractivity contribution in [2.75, 3.05) is 6.61 Å². The fraction of sp³-hybridized carbons (Fsp3) is 0.700. The molecule has 0 aromatic rings. The molecule has 7 nitrogen and oxygen atoms in total. The van der Waals surface area contributed by atoms with Crippen molar-refractivity contribution in [1.82, 2.24) is 5.32 Å². The Balaban J connectivity index is 2.50. The number of carbonyl (C=O) groups excluding carboxylic acids is 1. The van der Waals surface area contributed by atoms with Crippen molar-refractivity contribution in [2.24, 2.45) is 0 Å². The lowest BCUT2D eigenvalue weighted by atomic mass is 10.1. The first-order chi connectivity index (χ1) is 8.00. The summed E-state index contributed by atoms with van der Waals surface area (Å²) >= 11 is 0. The Labute approximate surface area is 97.8 Å². The third-order valence-electron chi connectivity index (χ3n) is 2.47. The first-order valence-electron chi connectivity index (χ1n) is 5.37. The normalized spacial score (nSPS) is 21.5. The molecule has 0 radical (unpaired) electrons. The molecule has 1 unspecified atom stereocenters. The number of carbonyl (C=O) groups is 3. The summed E-state index contributed by atoms with van der Waals surface area (Å²) in [7, 11) is 0. The highest BCUT2D eigenvalue weighted by Gasteiger charge is 2.28. The molecule has 1 amide bonds. The van der Waals surface area contributed by atoms with Crippen molar-refractivity contribution < 1.29 is 29.3 Å². The lowest BCUT2D eigenvalue weighted by Crippen LogP contribution is -2.47. The molecule has 0 bridgehead atoms. The van der Waals surface area contributed by atoms with Crippen LogP contribution in [0.5, 0.6) is 0 Å². The first-order valence-corrected chi connectivity index (χ1v) is 5.37. The number of hydrogen-bond acceptors (Lipinski definition) is 4. The van der Waals surface area contributed by atoms with E-state index >= 15 is 0 Å². The second kappa shape index (κ2) is 6.19. The zero-order chi connectivity index (χ0) is 12.8. The van der Waals surface area contributed by atoms with Gasteiger partial charge in [-0.3, -0.25) is 9.59 Å².